The Labute approximate surface area is 121 Å². The first-order chi connectivity index (χ1) is 10.2. The van der Waals surface area contributed by atoms with Crippen molar-refractivity contribution in [1.29, 1.82) is 0 Å². The number of hydrogen-bond donors (Lipinski definition) is 1. The number of nitrogens with zero attached hydrogens (tertiary/aromatic N) is 2. The molecule has 1 fully saturated rings. The van der Waals surface area contributed by atoms with Crippen LogP contribution < -0.4 is 5.43 Å². The van der Waals surface area contributed by atoms with Gasteiger partial charge in [0.2, 0.25) is 0 Å². The summed E-state index contributed by atoms with van der Waals surface area (Å²) in [5, 5.41) is 4.22. The summed E-state index contributed by atoms with van der Waals surface area (Å²) < 4.78 is 13.0. The molecule has 106 valence electrons. The largest absolute Gasteiger partial charge is 0.289 e. The third kappa shape index (κ3) is 3.31. The van der Waals surface area contributed by atoms with Crippen LogP contribution in [0.1, 0.15) is 28.9 Å². The number of halogens is 1. The van der Waals surface area contributed by atoms with Crippen LogP contribution in [0.3, 0.4) is 0 Å². The van der Waals surface area contributed by atoms with Crippen LogP contribution in [0, 0.1) is 11.7 Å². The van der Waals surface area contributed by atoms with Crippen LogP contribution >= 0.6 is 0 Å². The van der Waals surface area contributed by atoms with E-state index in [0.29, 0.717) is 11.6 Å². The molecule has 1 aliphatic carbocycles. The molecule has 1 N–H and O–H groups in total. The minimum Gasteiger partial charge on any atom is -0.266 e. The van der Waals surface area contributed by atoms with Gasteiger partial charge in [0.1, 0.15) is 11.5 Å². The van der Waals surface area contributed by atoms with Crippen LogP contribution in [-0.2, 0) is 0 Å². The van der Waals surface area contributed by atoms with Crippen molar-refractivity contribution >= 4 is 11.6 Å². The van der Waals surface area contributed by atoms with Gasteiger partial charge in [-0.05, 0) is 42.7 Å². The fraction of sp³-hybridized carbons (Fsp3) is 0.188. The number of nitrogens with one attached hydrogen (secondary N) is 1. The van der Waals surface area contributed by atoms with Gasteiger partial charge in [-0.25, -0.2) is 9.82 Å². The number of amides is 1. The number of hydrogen-bond acceptors (Lipinski definition) is 3. The van der Waals surface area contributed by atoms with E-state index in [-0.39, 0.29) is 11.7 Å². The number of pyridine rings is 1. The average Bonchev–Trinajstić information content (AvgIpc) is 3.35. The van der Waals surface area contributed by atoms with Gasteiger partial charge in [0.25, 0.3) is 5.91 Å². The van der Waals surface area contributed by atoms with Crippen molar-refractivity contribution in [2.45, 2.75) is 12.8 Å². The molecule has 1 aromatic heterocycles. The standard InChI is InChI=1S/C16H14FN3O/c17-13-8-6-12(7-9-13)15(11-4-5-11)19-20-16(21)14-3-1-2-10-18-14/h1-3,6-11H,4-5H2,(H,20,21)/b19-15+. The highest BCUT2D eigenvalue weighted by atomic mass is 19.1. The maximum Gasteiger partial charge on any atom is 0.289 e. The van der Waals surface area contributed by atoms with Gasteiger partial charge in [0.15, 0.2) is 0 Å². The van der Waals surface area contributed by atoms with Crippen LogP contribution in [0.2, 0.25) is 0 Å². The van der Waals surface area contributed by atoms with Crippen LogP contribution in [-0.4, -0.2) is 16.6 Å². The molecule has 0 radical (unpaired) electrons. The number of carbonyl (C=O) groups excluding carboxylic acids is 1. The van der Waals surface area contributed by atoms with Gasteiger partial charge < -0.3 is 0 Å². The van der Waals surface area contributed by atoms with E-state index >= 15 is 0 Å². The van der Waals surface area contributed by atoms with E-state index in [1.54, 1.807) is 36.5 Å². The highest BCUT2D eigenvalue weighted by Gasteiger charge is 2.29. The first kappa shape index (κ1) is 13.4. The van der Waals surface area contributed by atoms with E-state index in [9.17, 15) is 9.18 Å². The fourth-order valence-electron chi connectivity index (χ4n) is 2.03. The van der Waals surface area contributed by atoms with Crippen molar-refractivity contribution in [1.82, 2.24) is 10.4 Å². The predicted octanol–water partition coefficient (Wildman–Crippen LogP) is 2.76. The lowest BCUT2D eigenvalue weighted by molar-refractivity contribution is 0.0950. The Bertz CT molecular complexity index is 664. The first-order valence-corrected chi connectivity index (χ1v) is 6.79. The lowest BCUT2D eigenvalue weighted by atomic mass is 10.1. The number of hydrazone groups is 1. The minimum atomic E-state index is -0.351. The van der Waals surface area contributed by atoms with Crippen molar-refractivity contribution in [3.8, 4) is 0 Å². The monoisotopic (exact) mass is 283 g/mol. The van der Waals surface area contributed by atoms with Gasteiger partial charge in [0.05, 0.1) is 5.71 Å². The predicted molar refractivity (Wildman–Crippen MR) is 77.4 cm³/mol. The fourth-order valence-corrected chi connectivity index (χ4v) is 2.03. The minimum absolute atomic E-state index is 0.286. The molecule has 21 heavy (non-hydrogen) atoms. The number of carbonyl (C=O) groups is 1. The number of rotatable bonds is 4. The van der Waals surface area contributed by atoms with E-state index in [4.69, 9.17) is 0 Å². The number of aromatic nitrogens is 1. The Morgan fingerprint density at radius 2 is 1.95 bits per heavy atom. The first-order valence-electron chi connectivity index (χ1n) is 6.79. The molecule has 1 saturated carbocycles. The third-order valence-corrected chi connectivity index (χ3v) is 3.28. The van der Waals surface area contributed by atoms with Crippen LogP contribution in [0.15, 0.2) is 53.8 Å². The van der Waals surface area contributed by atoms with Crippen LogP contribution in [0.5, 0.6) is 0 Å². The lowest BCUT2D eigenvalue weighted by Crippen LogP contribution is -2.21. The van der Waals surface area contributed by atoms with Crippen molar-refractivity contribution in [3.05, 3.63) is 65.7 Å². The molecule has 1 heterocycles. The summed E-state index contributed by atoms with van der Waals surface area (Å²) in [4.78, 5) is 15.9. The van der Waals surface area contributed by atoms with Gasteiger partial charge >= 0.3 is 0 Å². The van der Waals surface area contributed by atoms with Crippen molar-refractivity contribution in [2.75, 3.05) is 0 Å². The summed E-state index contributed by atoms with van der Waals surface area (Å²) in [5.41, 5.74) is 4.47. The van der Waals surface area contributed by atoms with Crippen LogP contribution in [0.25, 0.3) is 0 Å². The average molecular weight is 283 g/mol. The number of benzene rings is 1. The zero-order chi connectivity index (χ0) is 14.7. The summed E-state index contributed by atoms with van der Waals surface area (Å²) >= 11 is 0. The Morgan fingerprint density at radius 1 is 1.19 bits per heavy atom. The Balaban J connectivity index is 1.78. The summed E-state index contributed by atoms with van der Waals surface area (Å²) in [6.45, 7) is 0. The molecule has 4 nitrogen and oxygen atoms in total. The Kier molecular flexibility index (Phi) is 3.73. The van der Waals surface area contributed by atoms with Gasteiger partial charge in [-0.3, -0.25) is 9.78 Å². The third-order valence-electron chi connectivity index (χ3n) is 3.28. The Morgan fingerprint density at radius 3 is 2.57 bits per heavy atom. The molecule has 2 aromatic rings. The smallest absolute Gasteiger partial charge is 0.266 e. The van der Waals surface area contributed by atoms with E-state index in [2.05, 4.69) is 15.5 Å². The van der Waals surface area contributed by atoms with Crippen molar-refractivity contribution < 1.29 is 9.18 Å². The highest BCUT2D eigenvalue weighted by Crippen LogP contribution is 2.33. The maximum absolute atomic E-state index is 13.0. The molecule has 0 spiro atoms. The van der Waals surface area contributed by atoms with E-state index in [0.717, 1.165) is 24.1 Å². The Hall–Kier alpha value is -2.56. The van der Waals surface area contributed by atoms with Gasteiger partial charge in [-0.1, -0.05) is 18.2 Å². The maximum atomic E-state index is 13.0. The second-order valence-electron chi connectivity index (χ2n) is 4.93. The highest BCUT2D eigenvalue weighted by molar-refractivity contribution is 6.04. The molecule has 0 unspecified atom stereocenters. The molecule has 0 bridgehead atoms. The summed E-state index contributed by atoms with van der Waals surface area (Å²) in [6, 6.07) is 11.3. The molecule has 5 heteroatoms. The summed E-state index contributed by atoms with van der Waals surface area (Å²) in [6.07, 6.45) is 3.63. The van der Waals surface area contributed by atoms with E-state index < -0.39 is 0 Å². The zero-order valence-corrected chi connectivity index (χ0v) is 11.3. The molecular weight excluding hydrogens is 269 g/mol. The second kappa shape index (κ2) is 5.83. The van der Waals surface area contributed by atoms with E-state index in [1.165, 1.54) is 12.1 Å². The van der Waals surface area contributed by atoms with Gasteiger partial charge in [-0.2, -0.15) is 5.10 Å². The molecule has 3 rings (SSSR count). The zero-order valence-electron chi connectivity index (χ0n) is 11.3. The molecule has 0 aliphatic heterocycles. The lowest BCUT2D eigenvalue weighted by Gasteiger charge is -2.06. The molecule has 1 amide bonds. The normalized spacial score (nSPS) is 14.8. The summed E-state index contributed by atoms with van der Waals surface area (Å²) in [7, 11) is 0. The molecular formula is C16H14FN3O. The topological polar surface area (TPSA) is 54.4 Å². The summed E-state index contributed by atoms with van der Waals surface area (Å²) in [5.74, 6) is -0.304. The van der Waals surface area contributed by atoms with Crippen LogP contribution in [0.4, 0.5) is 4.39 Å². The molecule has 1 aliphatic rings. The van der Waals surface area contributed by atoms with Gasteiger partial charge in [0, 0.05) is 12.1 Å². The van der Waals surface area contributed by atoms with Crippen molar-refractivity contribution in [3.63, 3.8) is 0 Å². The molecule has 1 aromatic carbocycles. The van der Waals surface area contributed by atoms with Gasteiger partial charge in [-0.15, -0.1) is 0 Å². The molecule has 0 saturated heterocycles. The van der Waals surface area contributed by atoms with Crippen molar-refractivity contribution in [2.24, 2.45) is 11.0 Å². The van der Waals surface area contributed by atoms with E-state index in [1.807, 2.05) is 0 Å². The quantitative estimate of drug-likeness (QED) is 0.693. The second-order valence-corrected chi connectivity index (χ2v) is 4.93. The molecule has 0 atom stereocenters. The SMILES string of the molecule is O=C(N/N=C(/c1ccc(F)cc1)C1CC1)c1ccccn1.